The van der Waals surface area contributed by atoms with Crippen LogP contribution in [-0.4, -0.2) is 16.8 Å². The summed E-state index contributed by atoms with van der Waals surface area (Å²) in [6, 6.07) is 3.62. The Morgan fingerprint density at radius 2 is 2.23 bits per heavy atom. The summed E-state index contributed by atoms with van der Waals surface area (Å²) in [5, 5.41) is 7.75. The molecule has 1 aromatic heterocycles. The molecule has 2 N–H and O–H groups in total. The molecule has 0 fully saturated rings. The molecule has 0 aromatic carbocycles. The van der Waals surface area contributed by atoms with Gasteiger partial charge in [0.2, 0.25) is 5.88 Å². The third-order valence-electron chi connectivity index (χ3n) is 1.65. The fraction of sp³-hybridized carbons (Fsp3) is 0.556. The highest BCUT2D eigenvalue weighted by Gasteiger charge is 1.96. The van der Waals surface area contributed by atoms with Crippen molar-refractivity contribution in [2.24, 2.45) is 5.73 Å². The zero-order valence-electron chi connectivity index (χ0n) is 7.86. The van der Waals surface area contributed by atoms with Crippen molar-refractivity contribution >= 4 is 0 Å². The number of unbranched alkanes of at least 4 members (excludes halogenated alkanes) is 1. The lowest BCUT2D eigenvalue weighted by molar-refractivity contribution is 0.294. The number of rotatable bonds is 5. The van der Waals surface area contributed by atoms with E-state index in [1.165, 1.54) is 0 Å². The molecular formula is C9H15N3O. The van der Waals surface area contributed by atoms with Gasteiger partial charge >= 0.3 is 0 Å². The van der Waals surface area contributed by atoms with E-state index in [9.17, 15) is 0 Å². The van der Waals surface area contributed by atoms with E-state index in [1.807, 2.05) is 6.07 Å². The smallest absolute Gasteiger partial charge is 0.233 e. The summed E-state index contributed by atoms with van der Waals surface area (Å²) < 4.78 is 5.33. The van der Waals surface area contributed by atoms with E-state index in [0.29, 0.717) is 19.0 Å². The SMILES string of the molecule is CCCCOc1ccc(CN)nn1. The van der Waals surface area contributed by atoms with Crippen LogP contribution in [0.5, 0.6) is 5.88 Å². The summed E-state index contributed by atoms with van der Waals surface area (Å²) in [7, 11) is 0. The number of ether oxygens (including phenoxy) is 1. The quantitative estimate of drug-likeness (QED) is 0.691. The van der Waals surface area contributed by atoms with Crippen LogP contribution in [0.15, 0.2) is 12.1 Å². The van der Waals surface area contributed by atoms with Crippen LogP contribution in [-0.2, 0) is 6.54 Å². The van der Waals surface area contributed by atoms with Gasteiger partial charge in [0.15, 0.2) is 0 Å². The minimum Gasteiger partial charge on any atom is -0.477 e. The molecule has 1 rings (SSSR count). The van der Waals surface area contributed by atoms with Crippen molar-refractivity contribution < 1.29 is 4.74 Å². The standard InChI is InChI=1S/C9H15N3O/c1-2-3-6-13-9-5-4-8(7-10)11-12-9/h4-5H,2-3,6-7,10H2,1H3. The van der Waals surface area contributed by atoms with Crippen LogP contribution in [0.25, 0.3) is 0 Å². The van der Waals surface area contributed by atoms with E-state index < -0.39 is 0 Å². The summed E-state index contributed by atoms with van der Waals surface area (Å²) in [5.74, 6) is 0.575. The Labute approximate surface area is 78.1 Å². The van der Waals surface area contributed by atoms with E-state index in [0.717, 1.165) is 18.5 Å². The number of hydrogen-bond donors (Lipinski definition) is 1. The Hall–Kier alpha value is -1.16. The lowest BCUT2D eigenvalue weighted by Gasteiger charge is -2.02. The zero-order valence-corrected chi connectivity index (χ0v) is 7.86. The van der Waals surface area contributed by atoms with Gasteiger partial charge in [-0.1, -0.05) is 13.3 Å². The van der Waals surface area contributed by atoms with Crippen molar-refractivity contribution in [3.63, 3.8) is 0 Å². The van der Waals surface area contributed by atoms with Crippen LogP contribution in [0, 0.1) is 0 Å². The normalized spacial score (nSPS) is 10.0. The van der Waals surface area contributed by atoms with Crippen molar-refractivity contribution in [2.75, 3.05) is 6.61 Å². The first-order valence-electron chi connectivity index (χ1n) is 4.52. The van der Waals surface area contributed by atoms with Crippen molar-refractivity contribution in [2.45, 2.75) is 26.3 Å². The highest BCUT2D eigenvalue weighted by Crippen LogP contribution is 2.04. The van der Waals surface area contributed by atoms with Crippen LogP contribution < -0.4 is 10.5 Å². The molecule has 0 aliphatic carbocycles. The summed E-state index contributed by atoms with van der Waals surface area (Å²) in [4.78, 5) is 0. The lowest BCUT2D eigenvalue weighted by atomic mass is 10.4. The van der Waals surface area contributed by atoms with Gasteiger partial charge in [-0.2, -0.15) is 5.10 Å². The molecule has 0 aliphatic rings. The first-order valence-corrected chi connectivity index (χ1v) is 4.52. The Bertz CT molecular complexity index is 235. The third kappa shape index (κ3) is 3.38. The number of aromatic nitrogens is 2. The summed E-state index contributed by atoms with van der Waals surface area (Å²) in [6.45, 7) is 3.24. The molecule has 0 saturated heterocycles. The van der Waals surface area contributed by atoms with E-state index >= 15 is 0 Å². The molecule has 0 saturated carbocycles. The average Bonchev–Trinajstić information content (AvgIpc) is 2.19. The van der Waals surface area contributed by atoms with Gasteiger partial charge in [-0.25, -0.2) is 0 Å². The van der Waals surface area contributed by atoms with Crippen molar-refractivity contribution in [1.29, 1.82) is 0 Å². The molecule has 4 nitrogen and oxygen atoms in total. The fourth-order valence-corrected chi connectivity index (χ4v) is 0.855. The van der Waals surface area contributed by atoms with Gasteiger partial charge in [-0.15, -0.1) is 5.10 Å². The van der Waals surface area contributed by atoms with Crippen LogP contribution in [0.3, 0.4) is 0 Å². The molecule has 0 unspecified atom stereocenters. The highest BCUT2D eigenvalue weighted by molar-refractivity contribution is 5.10. The number of hydrogen-bond acceptors (Lipinski definition) is 4. The summed E-state index contributed by atoms with van der Waals surface area (Å²) in [6.07, 6.45) is 2.16. The molecule has 72 valence electrons. The van der Waals surface area contributed by atoms with Crippen molar-refractivity contribution in [3.8, 4) is 5.88 Å². The minimum atomic E-state index is 0.419. The Morgan fingerprint density at radius 3 is 2.77 bits per heavy atom. The molecule has 4 heteroatoms. The molecule has 1 heterocycles. The predicted octanol–water partition coefficient (Wildman–Crippen LogP) is 1.11. The Morgan fingerprint density at radius 1 is 1.38 bits per heavy atom. The molecule has 0 radical (unpaired) electrons. The topological polar surface area (TPSA) is 61.0 Å². The van der Waals surface area contributed by atoms with Crippen LogP contribution in [0.4, 0.5) is 0 Å². The van der Waals surface area contributed by atoms with Gasteiger partial charge in [0, 0.05) is 12.6 Å². The minimum absolute atomic E-state index is 0.419. The molecule has 0 amide bonds. The third-order valence-corrected chi connectivity index (χ3v) is 1.65. The van der Waals surface area contributed by atoms with Gasteiger partial charge < -0.3 is 10.5 Å². The maximum Gasteiger partial charge on any atom is 0.233 e. The molecule has 0 aliphatic heterocycles. The monoisotopic (exact) mass is 181 g/mol. The second-order valence-electron chi connectivity index (χ2n) is 2.77. The van der Waals surface area contributed by atoms with E-state index in [1.54, 1.807) is 6.07 Å². The number of nitrogens with zero attached hydrogens (tertiary/aromatic N) is 2. The molecule has 13 heavy (non-hydrogen) atoms. The van der Waals surface area contributed by atoms with Crippen LogP contribution in [0.1, 0.15) is 25.5 Å². The second-order valence-corrected chi connectivity index (χ2v) is 2.77. The van der Waals surface area contributed by atoms with Crippen molar-refractivity contribution in [1.82, 2.24) is 10.2 Å². The maximum atomic E-state index is 5.38. The highest BCUT2D eigenvalue weighted by atomic mass is 16.5. The molecule has 0 spiro atoms. The molecule has 0 atom stereocenters. The molecular weight excluding hydrogens is 166 g/mol. The maximum absolute atomic E-state index is 5.38. The van der Waals surface area contributed by atoms with Gasteiger partial charge in [0.05, 0.1) is 12.3 Å². The van der Waals surface area contributed by atoms with Crippen molar-refractivity contribution in [3.05, 3.63) is 17.8 Å². The summed E-state index contributed by atoms with van der Waals surface area (Å²) >= 11 is 0. The second kappa shape index (κ2) is 5.48. The average molecular weight is 181 g/mol. The lowest BCUT2D eigenvalue weighted by Crippen LogP contribution is -2.03. The zero-order chi connectivity index (χ0) is 9.52. The van der Waals surface area contributed by atoms with E-state index in [2.05, 4.69) is 17.1 Å². The van der Waals surface area contributed by atoms with Gasteiger partial charge in [0.25, 0.3) is 0 Å². The predicted molar refractivity (Wildman–Crippen MR) is 50.3 cm³/mol. The van der Waals surface area contributed by atoms with E-state index in [-0.39, 0.29) is 0 Å². The van der Waals surface area contributed by atoms with Gasteiger partial charge in [-0.05, 0) is 12.5 Å². The fourth-order valence-electron chi connectivity index (χ4n) is 0.855. The first-order chi connectivity index (χ1) is 6.36. The summed E-state index contributed by atoms with van der Waals surface area (Å²) in [5.41, 5.74) is 6.16. The largest absolute Gasteiger partial charge is 0.477 e. The Balaban J connectivity index is 2.40. The van der Waals surface area contributed by atoms with Gasteiger partial charge in [0.1, 0.15) is 0 Å². The number of nitrogens with two attached hydrogens (primary N) is 1. The van der Waals surface area contributed by atoms with Gasteiger partial charge in [-0.3, -0.25) is 0 Å². The molecule has 0 bridgehead atoms. The molecule has 1 aromatic rings. The Kier molecular flexibility index (Phi) is 4.18. The van der Waals surface area contributed by atoms with Crippen LogP contribution >= 0.6 is 0 Å². The van der Waals surface area contributed by atoms with E-state index in [4.69, 9.17) is 10.5 Å². The van der Waals surface area contributed by atoms with Crippen LogP contribution in [0.2, 0.25) is 0 Å². The first kappa shape index (κ1) is 9.92.